The van der Waals surface area contributed by atoms with E-state index < -0.39 is 11.5 Å². The summed E-state index contributed by atoms with van der Waals surface area (Å²) in [7, 11) is 0. The monoisotopic (exact) mass is 290 g/mol. The van der Waals surface area contributed by atoms with E-state index in [2.05, 4.69) is 9.27 Å². The fourth-order valence-electron chi connectivity index (χ4n) is 3.25. The van der Waals surface area contributed by atoms with Gasteiger partial charge in [-0.15, -0.1) is 0 Å². The first-order valence-electron chi connectivity index (χ1n) is 7.04. The molecular weight excluding hydrogens is 272 g/mol. The fourth-order valence-corrected chi connectivity index (χ4v) is 4.23. The van der Waals surface area contributed by atoms with E-state index in [9.17, 15) is 9.90 Å². The van der Waals surface area contributed by atoms with E-state index in [0.717, 1.165) is 41.7 Å². The highest BCUT2D eigenvalue weighted by atomic mass is 32.1. The number of carbonyl (C=O) groups is 1. The molecule has 1 aliphatic rings. The van der Waals surface area contributed by atoms with Crippen molar-refractivity contribution in [1.82, 2.24) is 4.37 Å². The van der Waals surface area contributed by atoms with E-state index in [0.29, 0.717) is 6.42 Å². The highest BCUT2D eigenvalue weighted by Crippen LogP contribution is 2.42. The maximum absolute atomic E-state index is 11.9. The Bertz CT molecular complexity index is 640. The van der Waals surface area contributed by atoms with Crippen molar-refractivity contribution in [2.45, 2.75) is 38.1 Å². The Morgan fingerprint density at radius 2 is 2.30 bits per heavy atom. The van der Waals surface area contributed by atoms with Crippen LogP contribution in [0.25, 0.3) is 10.9 Å². The second-order valence-corrected chi connectivity index (χ2v) is 6.10. The maximum Gasteiger partial charge on any atom is 0.329 e. The fraction of sp³-hybridized carbons (Fsp3) is 0.467. The number of carboxylic acids is 1. The van der Waals surface area contributed by atoms with Crippen LogP contribution in [0, 0.1) is 0 Å². The van der Waals surface area contributed by atoms with Gasteiger partial charge in [-0.3, -0.25) is 0 Å². The molecule has 0 aliphatic carbocycles. The molecule has 0 amide bonds. The van der Waals surface area contributed by atoms with Gasteiger partial charge < -0.3 is 10.0 Å². The predicted octanol–water partition coefficient (Wildman–Crippen LogP) is 3.52. The Kier molecular flexibility index (Phi) is 3.38. The second kappa shape index (κ2) is 5.05. The molecule has 0 radical (unpaired) electrons. The van der Waals surface area contributed by atoms with Gasteiger partial charge in [-0.05, 0) is 42.9 Å². The van der Waals surface area contributed by atoms with Gasteiger partial charge in [-0.1, -0.05) is 25.5 Å². The molecule has 2 heterocycles. The molecule has 1 saturated heterocycles. The van der Waals surface area contributed by atoms with Gasteiger partial charge in [0.15, 0.2) is 0 Å². The summed E-state index contributed by atoms with van der Waals surface area (Å²) in [5.41, 5.74) is 0.208. The summed E-state index contributed by atoms with van der Waals surface area (Å²) >= 11 is 1.42. The number of nitrogens with zero attached hydrogens (tertiary/aromatic N) is 2. The third kappa shape index (κ3) is 1.88. The van der Waals surface area contributed by atoms with Crippen LogP contribution in [0.3, 0.4) is 0 Å². The lowest BCUT2D eigenvalue weighted by Gasteiger charge is -2.35. The SMILES string of the molecule is CCCC1(C(=O)O)CCCN1c1snc2ccccc12. The molecule has 1 aliphatic heterocycles. The Hall–Kier alpha value is -1.62. The third-order valence-corrected chi connectivity index (χ3v) is 5.06. The summed E-state index contributed by atoms with van der Waals surface area (Å²) in [6.07, 6.45) is 3.22. The van der Waals surface area contributed by atoms with E-state index in [1.165, 1.54) is 11.5 Å². The van der Waals surface area contributed by atoms with Crippen molar-refractivity contribution >= 4 is 33.4 Å². The number of carboxylic acid groups (broad SMARTS) is 1. The molecule has 0 spiro atoms. The van der Waals surface area contributed by atoms with Crippen molar-refractivity contribution in [3.8, 4) is 0 Å². The molecule has 5 heteroatoms. The number of aliphatic carboxylic acids is 1. The van der Waals surface area contributed by atoms with Gasteiger partial charge in [0.05, 0.1) is 5.52 Å². The van der Waals surface area contributed by atoms with E-state index in [1.807, 2.05) is 31.2 Å². The van der Waals surface area contributed by atoms with Crippen LogP contribution in [0.4, 0.5) is 5.00 Å². The number of anilines is 1. The molecule has 1 fully saturated rings. The van der Waals surface area contributed by atoms with Gasteiger partial charge in [-0.25, -0.2) is 4.79 Å². The van der Waals surface area contributed by atoms with Crippen LogP contribution in [0.15, 0.2) is 24.3 Å². The Morgan fingerprint density at radius 1 is 1.50 bits per heavy atom. The molecule has 20 heavy (non-hydrogen) atoms. The van der Waals surface area contributed by atoms with E-state index >= 15 is 0 Å². The van der Waals surface area contributed by atoms with Gasteiger partial charge in [0.2, 0.25) is 0 Å². The van der Waals surface area contributed by atoms with Crippen LogP contribution in [-0.4, -0.2) is 27.5 Å². The lowest BCUT2D eigenvalue weighted by atomic mass is 9.90. The van der Waals surface area contributed by atoms with E-state index in [4.69, 9.17) is 0 Å². The highest BCUT2D eigenvalue weighted by Gasteiger charge is 2.47. The number of hydrogen-bond donors (Lipinski definition) is 1. The summed E-state index contributed by atoms with van der Waals surface area (Å²) < 4.78 is 4.46. The zero-order valence-electron chi connectivity index (χ0n) is 11.5. The van der Waals surface area contributed by atoms with Crippen LogP contribution in [-0.2, 0) is 4.79 Å². The van der Waals surface area contributed by atoms with E-state index in [1.54, 1.807) is 0 Å². The van der Waals surface area contributed by atoms with E-state index in [-0.39, 0.29) is 0 Å². The number of aromatic nitrogens is 1. The normalized spacial score (nSPS) is 22.6. The van der Waals surface area contributed by atoms with Gasteiger partial charge >= 0.3 is 5.97 Å². The number of hydrogen-bond acceptors (Lipinski definition) is 4. The van der Waals surface area contributed by atoms with Gasteiger partial charge in [-0.2, -0.15) is 4.37 Å². The molecular formula is C15H18N2O2S. The summed E-state index contributed by atoms with van der Waals surface area (Å²) in [6.45, 7) is 2.85. The quantitative estimate of drug-likeness (QED) is 0.936. The van der Waals surface area contributed by atoms with Crippen LogP contribution < -0.4 is 4.90 Å². The number of fused-ring (bicyclic) bond motifs is 1. The van der Waals surface area contributed by atoms with Crippen molar-refractivity contribution < 1.29 is 9.90 Å². The smallest absolute Gasteiger partial charge is 0.329 e. The average molecular weight is 290 g/mol. The van der Waals surface area contributed by atoms with Crippen molar-refractivity contribution in [3.63, 3.8) is 0 Å². The molecule has 0 bridgehead atoms. The lowest BCUT2D eigenvalue weighted by molar-refractivity contribution is -0.143. The van der Waals surface area contributed by atoms with Crippen LogP contribution >= 0.6 is 11.5 Å². The standard InChI is InChI=1S/C15H18N2O2S/c1-2-8-15(14(18)19)9-5-10-17(15)13-11-6-3-4-7-12(11)16-20-13/h3-4,6-7H,2,5,8-10H2,1H3,(H,18,19). The summed E-state index contributed by atoms with van der Waals surface area (Å²) in [6, 6.07) is 7.96. The minimum absolute atomic E-state index is 0.689. The van der Waals surface area contributed by atoms with Crippen molar-refractivity contribution in [2.24, 2.45) is 0 Å². The summed E-state index contributed by atoms with van der Waals surface area (Å²) in [5, 5.41) is 11.9. The second-order valence-electron chi connectivity index (χ2n) is 5.35. The minimum Gasteiger partial charge on any atom is -0.479 e. The average Bonchev–Trinajstić information content (AvgIpc) is 3.03. The summed E-state index contributed by atoms with van der Waals surface area (Å²) in [5.74, 6) is -0.700. The van der Waals surface area contributed by atoms with Crippen LogP contribution in [0.2, 0.25) is 0 Å². The first kappa shape index (κ1) is 13.4. The summed E-state index contributed by atoms with van der Waals surface area (Å²) in [4.78, 5) is 14.0. The Labute approximate surface area is 122 Å². The first-order chi connectivity index (χ1) is 9.69. The molecule has 1 aromatic carbocycles. The molecule has 1 unspecified atom stereocenters. The zero-order valence-corrected chi connectivity index (χ0v) is 12.3. The van der Waals surface area contributed by atoms with Gasteiger partial charge in [0.1, 0.15) is 10.5 Å². The van der Waals surface area contributed by atoms with Gasteiger partial charge in [0.25, 0.3) is 0 Å². The lowest BCUT2D eigenvalue weighted by Crippen LogP contribution is -2.50. The van der Waals surface area contributed by atoms with Crippen molar-refractivity contribution in [3.05, 3.63) is 24.3 Å². The van der Waals surface area contributed by atoms with Crippen LogP contribution in [0.5, 0.6) is 0 Å². The zero-order chi connectivity index (χ0) is 14.2. The molecule has 4 nitrogen and oxygen atoms in total. The number of benzene rings is 1. The van der Waals surface area contributed by atoms with Crippen LogP contribution in [0.1, 0.15) is 32.6 Å². The topological polar surface area (TPSA) is 53.4 Å². The Morgan fingerprint density at radius 3 is 3.05 bits per heavy atom. The molecule has 1 atom stereocenters. The Balaban J connectivity index is 2.09. The molecule has 1 aromatic heterocycles. The highest BCUT2D eigenvalue weighted by molar-refractivity contribution is 7.11. The maximum atomic E-state index is 11.9. The minimum atomic E-state index is -0.746. The van der Waals surface area contributed by atoms with Crippen molar-refractivity contribution in [1.29, 1.82) is 0 Å². The predicted molar refractivity (Wildman–Crippen MR) is 81.5 cm³/mol. The largest absolute Gasteiger partial charge is 0.479 e. The molecule has 106 valence electrons. The molecule has 1 N–H and O–H groups in total. The molecule has 3 rings (SSSR count). The molecule has 2 aromatic rings. The molecule has 0 saturated carbocycles. The number of rotatable bonds is 4. The third-order valence-electron chi connectivity index (χ3n) is 4.16. The van der Waals surface area contributed by atoms with Crippen molar-refractivity contribution in [2.75, 3.05) is 11.4 Å². The first-order valence-corrected chi connectivity index (χ1v) is 7.82. The van der Waals surface area contributed by atoms with Gasteiger partial charge in [0, 0.05) is 11.9 Å².